The molecule has 0 aliphatic carbocycles. The molecule has 1 unspecified atom stereocenters. The van der Waals surface area contributed by atoms with Gasteiger partial charge in [0.05, 0.1) is 29.7 Å². The van der Waals surface area contributed by atoms with E-state index < -0.39 is 5.92 Å². The molecule has 0 spiro atoms. The lowest BCUT2D eigenvalue weighted by molar-refractivity contribution is 0.308. The number of aryl methyl sites for hydroxylation is 1. The summed E-state index contributed by atoms with van der Waals surface area (Å²) in [6.45, 7) is 4.14. The van der Waals surface area contributed by atoms with E-state index in [1.54, 1.807) is 32.2 Å². The van der Waals surface area contributed by atoms with E-state index in [9.17, 15) is 10.1 Å². The van der Waals surface area contributed by atoms with Crippen LogP contribution in [0.1, 0.15) is 29.7 Å². The first-order chi connectivity index (χ1) is 13.3. The Morgan fingerprint density at radius 3 is 2.71 bits per heavy atom. The number of aromatic nitrogens is 1. The molecule has 0 bridgehead atoms. The maximum Gasteiger partial charge on any atom is 0.258 e. The van der Waals surface area contributed by atoms with Gasteiger partial charge in [-0.05, 0) is 47.5 Å². The first-order valence-electron chi connectivity index (χ1n) is 8.62. The third-order valence-electron chi connectivity index (χ3n) is 4.73. The van der Waals surface area contributed by atoms with Crippen molar-refractivity contribution in [2.75, 3.05) is 13.7 Å². The molecule has 8 heteroatoms. The number of hydrogen-bond acceptors (Lipinski definition) is 6. The summed E-state index contributed by atoms with van der Waals surface area (Å²) in [6, 6.07) is 7.39. The summed E-state index contributed by atoms with van der Waals surface area (Å²) in [5, 5.41) is 9.72. The predicted octanol–water partition coefficient (Wildman–Crippen LogP) is 3.08. The minimum absolute atomic E-state index is 0.0170. The zero-order valence-corrected chi connectivity index (χ0v) is 17.6. The van der Waals surface area contributed by atoms with Crippen molar-refractivity contribution in [1.29, 1.82) is 5.26 Å². The Labute approximate surface area is 171 Å². The summed E-state index contributed by atoms with van der Waals surface area (Å²) in [7, 11) is 3.21. The number of methoxy groups -OCH3 is 1. The van der Waals surface area contributed by atoms with Gasteiger partial charge in [0.25, 0.3) is 5.56 Å². The van der Waals surface area contributed by atoms with Crippen molar-refractivity contribution in [1.82, 2.24) is 4.57 Å². The average Bonchev–Trinajstić information content (AvgIpc) is 2.66. The van der Waals surface area contributed by atoms with Crippen LogP contribution in [-0.2, 0) is 7.05 Å². The van der Waals surface area contributed by atoms with E-state index in [1.165, 1.54) is 11.7 Å². The average molecular weight is 446 g/mol. The lowest BCUT2D eigenvalue weighted by Gasteiger charge is -2.27. The third-order valence-corrected chi connectivity index (χ3v) is 5.32. The van der Waals surface area contributed by atoms with Crippen molar-refractivity contribution in [2.45, 2.75) is 19.8 Å². The molecule has 146 valence electrons. The molecule has 1 aliphatic rings. The van der Waals surface area contributed by atoms with Gasteiger partial charge in [-0.2, -0.15) is 5.26 Å². The zero-order valence-electron chi connectivity index (χ0n) is 16.0. The second-order valence-electron chi connectivity index (χ2n) is 6.32. The Balaban J connectivity index is 2.33. The number of nitriles is 1. The fourth-order valence-electron chi connectivity index (χ4n) is 3.26. The highest BCUT2D eigenvalue weighted by atomic mass is 79.9. The van der Waals surface area contributed by atoms with Gasteiger partial charge in [0.2, 0.25) is 5.88 Å². The molecule has 0 amide bonds. The number of allylic oxidation sites excluding steroid dienone is 1. The Kier molecular flexibility index (Phi) is 5.38. The molecule has 2 aromatic rings. The summed E-state index contributed by atoms with van der Waals surface area (Å²) >= 11 is 3.50. The molecule has 1 aromatic carbocycles. The van der Waals surface area contributed by atoms with Crippen molar-refractivity contribution in [2.24, 2.45) is 12.8 Å². The van der Waals surface area contributed by atoms with Gasteiger partial charge in [-0.25, -0.2) is 0 Å². The molecule has 0 fully saturated rings. The number of nitrogens with zero attached hydrogens (tertiary/aromatic N) is 2. The lowest BCUT2D eigenvalue weighted by atomic mass is 9.84. The van der Waals surface area contributed by atoms with Crippen LogP contribution >= 0.6 is 15.9 Å². The van der Waals surface area contributed by atoms with E-state index in [0.717, 1.165) is 5.69 Å². The van der Waals surface area contributed by atoms with Crippen molar-refractivity contribution < 1.29 is 14.2 Å². The quantitative estimate of drug-likeness (QED) is 0.775. The van der Waals surface area contributed by atoms with E-state index in [-0.39, 0.29) is 17.0 Å². The summed E-state index contributed by atoms with van der Waals surface area (Å²) in [6.07, 6.45) is 0. The van der Waals surface area contributed by atoms with Gasteiger partial charge in [-0.3, -0.25) is 4.79 Å². The van der Waals surface area contributed by atoms with Crippen LogP contribution in [0.4, 0.5) is 0 Å². The first kappa shape index (κ1) is 19.8. The molecule has 0 saturated carbocycles. The Morgan fingerprint density at radius 1 is 1.39 bits per heavy atom. The minimum Gasteiger partial charge on any atom is -0.493 e. The van der Waals surface area contributed by atoms with Crippen molar-refractivity contribution in [3.63, 3.8) is 0 Å². The van der Waals surface area contributed by atoms with Crippen molar-refractivity contribution >= 4 is 15.9 Å². The van der Waals surface area contributed by atoms with Crippen LogP contribution in [0.5, 0.6) is 17.2 Å². The standard InChI is InChI=1S/C20H20BrN3O4/c1-5-27-18-13(21)7-11(8-15(18)26-4)16-12(9-22)19(23)28-14-6-10(2)24(3)20(25)17(14)16/h6-8,16H,5,23H2,1-4H3. The molecule has 2 heterocycles. The van der Waals surface area contributed by atoms with Crippen LogP contribution in [0, 0.1) is 18.3 Å². The van der Waals surface area contributed by atoms with Gasteiger partial charge in [0, 0.05) is 18.8 Å². The van der Waals surface area contributed by atoms with E-state index in [1.807, 2.05) is 6.92 Å². The fraction of sp³-hybridized carbons (Fsp3) is 0.300. The van der Waals surface area contributed by atoms with Crippen LogP contribution in [0.3, 0.4) is 0 Å². The van der Waals surface area contributed by atoms with Crippen molar-refractivity contribution in [3.8, 4) is 23.3 Å². The second-order valence-corrected chi connectivity index (χ2v) is 7.17. The first-order valence-corrected chi connectivity index (χ1v) is 9.41. The number of hydrogen-bond donors (Lipinski definition) is 1. The van der Waals surface area contributed by atoms with E-state index >= 15 is 0 Å². The molecule has 7 nitrogen and oxygen atoms in total. The maximum absolute atomic E-state index is 13.0. The fourth-order valence-corrected chi connectivity index (χ4v) is 3.84. The van der Waals surface area contributed by atoms with Gasteiger partial charge < -0.3 is 24.5 Å². The Hall–Kier alpha value is -2.92. The number of pyridine rings is 1. The normalized spacial score (nSPS) is 15.5. The molecule has 0 saturated heterocycles. The van der Waals surface area contributed by atoms with E-state index in [2.05, 4.69) is 22.0 Å². The number of rotatable bonds is 4. The largest absolute Gasteiger partial charge is 0.493 e. The summed E-state index contributed by atoms with van der Waals surface area (Å²) in [4.78, 5) is 13.0. The highest BCUT2D eigenvalue weighted by Crippen LogP contribution is 2.45. The monoisotopic (exact) mass is 445 g/mol. The van der Waals surface area contributed by atoms with Gasteiger partial charge in [-0.15, -0.1) is 0 Å². The molecule has 1 atom stereocenters. The highest BCUT2D eigenvalue weighted by Gasteiger charge is 2.35. The third kappa shape index (κ3) is 3.12. The molecule has 2 N–H and O–H groups in total. The molecule has 28 heavy (non-hydrogen) atoms. The molecule has 1 aromatic heterocycles. The van der Waals surface area contributed by atoms with Crippen LogP contribution in [0.25, 0.3) is 0 Å². The maximum atomic E-state index is 13.0. The Morgan fingerprint density at radius 2 is 2.11 bits per heavy atom. The molecule has 0 radical (unpaired) electrons. The summed E-state index contributed by atoms with van der Waals surface area (Å²) < 4.78 is 18.9. The van der Waals surface area contributed by atoms with Crippen LogP contribution in [0.2, 0.25) is 0 Å². The van der Waals surface area contributed by atoms with Crippen LogP contribution < -0.4 is 25.5 Å². The molecular formula is C20H20BrN3O4. The Bertz CT molecular complexity index is 1080. The summed E-state index contributed by atoms with van der Waals surface area (Å²) in [5.41, 5.74) is 7.69. The van der Waals surface area contributed by atoms with E-state index in [0.29, 0.717) is 39.5 Å². The van der Waals surface area contributed by atoms with Crippen LogP contribution in [-0.4, -0.2) is 18.3 Å². The lowest BCUT2D eigenvalue weighted by Crippen LogP contribution is -2.31. The van der Waals surface area contributed by atoms with E-state index in [4.69, 9.17) is 19.9 Å². The smallest absolute Gasteiger partial charge is 0.258 e. The SMILES string of the molecule is CCOc1c(Br)cc(C2C(C#N)=C(N)Oc3cc(C)n(C)c(=O)c32)cc1OC. The molecule has 3 rings (SSSR count). The second kappa shape index (κ2) is 7.60. The van der Waals surface area contributed by atoms with Gasteiger partial charge in [0.1, 0.15) is 17.4 Å². The topological polar surface area (TPSA) is 99.5 Å². The molecule has 1 aliphatic heterocycles. The predicted molar refractivity (Wildman–Crippen MR) is 108 cm³/mol. The number of halogens is 1. The number of fused-ring (bicyclic) bond motifs is 1. The van der Waals surface area contributed by atoms with Gasteiger partial charge in [0.15, 0.2) is 11.5 Å². The number of ether oxygens (including phenoxy) is 3. The summed E-state index contributed by atoms with van der Waals surface area (Å²) in [5.74, 6) is 0.684. The van der Waals surface area contributed by atoms with Gasteiger partial charge in [-0.1, -0.05) is 0 Å². The van der Waals surface area contributed by atoms with Crippen LogP contribution in [0.15, 0.2) is 38.9 Å². The number of benzene rings is 1. The van der Waals surface area contributed by atoms with Crippen molar-refractivity contribution in [3.05, 3.63) is 61.3 Å². The zero-order chi connectivity index (χ0) is 20.6. The number of nitrogens with two attached hydrogens (primary N) is 1. The highest BCUT2D eigenvalue weighted by molar-refractivity contribution is 9.10. The molecular weight excluding hydrogens is 426 g/mol. The van der Waals surface area contributed by atoms with Gasteiger partial charge >= 0.3 is 0 Å². The minimum atomic E-state index is -0.686.